The highest BCUT2D eigenvalue weighted by atomic mass is 35.5. The molecule has 0 radical (unpaired) electrons. The minimum absolute atomic E-state index is 0. The number of hydrogen-bond acceptors (Lipinski definition) is 5. The first-order valence-corrected chi connectivity index (χ1v) is 7.30. The van der Waals surface area contributed by atoms with E-state index in [9.17, 15) is 9.59 Å². The molecule has 1 atom stereocenters. The summed E-state index contributed by atoms with van der Waals surface area (Å²) < 4.78 is 9.90. The van der Waals surface area contributed by atoms with Gasteiger partial charge < -0.3 is 19.8 Å². The first kappa shape index (κ1) is 16.8. The van der Waals surface area contributed by atoms with Gasteiger partial charge in [-0.15, -0.1) is 12.4 Å². The maximum Gasteiger partial charge on any atom is 0.373 e. The summed E-state index contributed by atoms with van der Waals surface area (Å²) in [6.45, 7) is 2.32. The summed E-state index contributed by atoms with van der Waals surface area (Å²) in [6.07, 6.45) is 3.16. The second-order valence-corrected chi connectivity index (χ2v) is 5.84. The summed E-state index contributed by atoms with van der Waals surface area (Å²) in [5, 5.41) is 6.22. The van der Waals surface area contributed by atoms with Gasteiger partial charge in [0.15, 0.2) is 0 Å². The molecule has 1 aromatic heterocycles. The smallest absolute Gasteiger partial charge is 0.373 e. The number of amides is 1. The van der Waals surface area contributed by atoms with Gasteiger partial charge in [0, 0.05) is 5.92 Å². The van der Waals surface area contributed by atoms with Crippen LogP contribution in [0.4, 0.5) is 0 Å². The number of carbonyl (C=O) groups is 2. The lowest BCUT2D eigenvalue weighted by Crippen LogP contribution is -2.33. The van der Waals surface area contributed by atoms with Crippen LogP contribution < -0.4 is 10.6 Å². The third-order valence-corrected chi connectivity index (χ3v) is 4.59. The second kappa shape index (κ2) is 6.71. The van der Waals surface area contributed by atoms with Gasteiger partial charge in [-0.2, -0.15) is 0 Å². The topological polar surface area (TPSA) is 80.6 Å². The summed E-state index contributed by atoms with van der Waals surface area (Å²) in [5.41, 5.74) is 0.232. The predicted molar refractivity (Wildman–Crippen MR) is 81.8 cm³/mol. The first-order chi connectivity index (χ1) is 10.1. The Kier molecular flexibility index (Phi) is 5.13. The van der Waals surface area contributed by atoms with E-state index in [1.807, 2.05) is 0 Å². The number of nitrogens with one attached hydrogen (secondary N) is 2. The van der Waals surface area contributed by atoms with E-state index in [0.29, 0.717) is 12.3 Å². The highest BCUT2D eigenvalue weighted by Crippen LogP contribution is 2.58. The molecule has 1 aliphatic heterocycles. The zero-order chi connectivity index (χ0) is 14.9. The average molecular weight is 329 g/mol. The number of rotatable bonds is 4. The van der Waals surface area contributed by atoms with Crippen LogP contribution in [0.25, 0.3) is 0 Å². The summed E-state index contributed by atoms with van der Waals surface area (Å²) in [5.74, 6) is 0.428. The number of ether oxygens (including phenoxy) is 1. The predicted octanol–water partition coefficient (Wildman–Crippen LogP) is 1.49. The van der Waals surface area contributed by atoms with E-state index in [4.69, 9.17) is 4.42 Å². The van der Waals surface area contributed by atoms with E-state index in [2.05, 4.69) is 15.4 Å². The second-order valence-electron chi connectivity index (χ2n) is 5.84. The van der Waals surface area contributed by atoms with E-state index in [1.165, 1.54) is 7.11 Å². The highest BCUT2D eigenvalue weighted by molar-refractivity contribution is 5.86. The van der Waals surface area contributed by atoms with Crippen LogP contribution in [0.5, 0.6) is 0 Å². The molecule has 2 aliphatic rings. The average Bonchev–Trinajstić information content (AvgIpc) is 2.99. The van der Waals surface area contributed by atoms with Crippen LogP contribution in [-0.4, -0.2) is 32.1 Å². The molecule has 2 heterocycles. The fraction of sp³-hybridized carbons (Fsp3) is 0.600. The van der Waals surface area contributed by atoms with Crippen LogP contribution in [0.2, 0.25) is 0 Å². The van der Waals surface area contributed by atoms with Crippen LogP contribution in [0.1, 0.15) is 35.6 Å². The fourth-order valence-corrected chi connectivity index (χ4v) is 3.18. The molecule has 1 amide bonds. The third-order valence-electron chi connectivity index (χ3n) is 4.59. The fourth-order valence-electron chi connectivity index (χ4n) is 3.18. The minimum Gasteiger partial charge on any atom is -0.463 e. The summed E-state index contributed by atoms with van der Waals surface area (Å²) >= 11 is 0. The van der Waals surface area contributed by atoms with Crippen molar-refractivity contribution in [1.29, 1.82) is 0 Å². The van der Waals surface area contributed by atoms with Gasteiger partial charge >= 0.3 is 5.97 Å². The van der Waals surface area contributed by atoms with Gasteiger partial charge in [0.2, 0.25) is 11.7 Å². The minimum atomic E-state index is -0.511. The summed E-state index contributed by atoms with van der Waals surface area (Å²) in [4.78, 5) is 23.5. The van der Waals surface area contributed by atoms with Gasteiger partial charge in [-0.05, 0) is 49.9 Å². The van der Waals surface area contributed by atoms with Crippen LogP contribution >= 0.6 is 12.4 Å². The molecule has 6 nitrogen and oxygen atoms in total. The van der Waals surface area contributed by atoms with Crippen molar-refractivity contribution in [2.75, 3.05) is 20.2 Å². The van der Waals surface area contributed by atoms with Crippen molar-refractivity contribution < 1.29 is 18.7 Å². The van der Waals surface area contributed by atoms with Crippen molar-refractivity contribution in [2.24, 2.45) is 11.3 Å². The SMILES string of the molecule is COC(=O)c1ccc(CNC(=O)C2CC23CCNCC3)o1.Cl. The Labute approximate surface area is 135 Å². The van der Waals surface area contributed by atoms with Gasteiger partial charge in [0.05, 0.1) is 13.7 Å². The van der Waals surface area contributed by atoms with Crippen molar-refractivity contribution in [2.45, 2.75) is 25.8 Å². The van der Waals surface area contributed by atoms with E-state index >= 15 is 0 Å². The first-order valence-electron chi connectivity index (χ1n) is 7.30. The molecule has 1 aromatic rings. The van der Waals surface area contributed by atoms with E-state index in [1.54, 1.807) is 12.1 Å². The van der Waals surface area contributed by atoms with Crippen molar-refractivity contribution in [1.82, 2.24) is 10.6 Å². The van der Waals surface area contributed by atoms with Crippen molar-refractivity contribution in [3.05, 3.63) is 23.7 Å². The molecule has 1 spiro atoms. The zero-order valence-corrected chi connectivity index (χ0v) is 13.3. The molecule has 0 aromatic carbocycles. The number of hydrogen-bond donors (Lipinski definition) is 2. The summed E-state index contributed by atoms with van der Waals surface area (Å²) in [6, 6.07) is 3.23. The van der Waals surface area contributed by atoms with Gasteiger partial charge in [0.1, 0.15) is 5.76 Å². The van der Waals surface area contributed by atoms with Gasteiger partial charge in [0.25, 0.3) is 0 Å². The molecule has 1 aliphatic carbocycles. The Balaban J connectivity index is 0.00000176. The Hall–Kier alpha value is -1.53. The molecule has 22 heavy (non-hydrogen) atoms. The quantitative estimate of drug-likeness (QED) is 0.819. The van der Waals surface area contributed by atoms with Gasteiger partial charge in [-0.1, -0.05) is 0 Å². The van der Waals surface area contributed by atoms with Gasteiger partial charge in [-0.25, -0.2) is 4.79 Å². The molecule has 1 saturated heterocycles. The normalized spacial score (nSPS) is 21.8. The molecule has 2 fully saturated rings. The zero-order valence-electron chi connectivity index (χ0n) is 12.5. The Morgan fingerprint density at radius 3 is 2.82 bits per heavy atom. The summed E-state index contributed by atoms with van der Waals surface area (Å²) in [7, 11) is 1.30. The molecule has 2 N–H and O–H groups in total. The van der Waals surface area contributed by atoms with Gasteiger partial charge in [-0.3, -0.25) is 4.79 Å². The molecule has 3 rings (SSSR count). The molecule has 122 valence electrons. The van der Waals surface area contributed by atoms with E-state index < -0.39 is 5.97 Å². The molecule has 1 saturated carbocycles. The molecular weight excluding hydrogens is 308 g/mol. The molecule has 1 unspecified atom stereocenters. The number of carbonyl (C=O) groups excluding carboxylic acids is 2. The van der Waals surface area contributed by atoms with E-state index in [-0.39, 0.29) is 35.4 Å². The Morgan fingerprint density at radius 1 is 1.41 bits per heavy atom. The molecular formula is C15H21ClN2O4. The van der Waals surface area contributed by atoms with Crippen molar-refractivity contribution >= 4 is 24.3 Å². The monoisotopic (exact) mass is 328 g/mol. The number of esters is 1. The number of piperidine rings is 1. The Morgan fingerprint density at radius 2 is 2.14 bits per heavy atom. The maximum absolute atomic E-state index is 12.2. The Bertz CT molecular complexity index is 551. The van der Waals surface area contributed by atoms with Crippen molar-refractivity contribution in [3.8, 4) is 0 Å². The molecule has 7 heteroatoms. The number of furan rings is 1. The lowest BCUT2D eigenvalue weighted by molar-refractivity contribution is -0.123. The van der Waals surface area contributed by atoms with E-state index in [0.717, 1.165) is 32.4 Å². The highest BCUT2D eigenvalue weighted by Gasteiger charge is 2.57. The number of halogens is 1. The van der Waals surface area contributed by atoms with Crippen LogP contribution in [0.15, 0.2) is 16.5 Å². The van der Waals surface area contributed by atoms with Crippen molar-refractivity contribution in [3.63, 3.8) is 0 Å². The van der Waals surface area contributed by atoms with Crippen LogP contribution in [-0.2, 0) is 16.1 Å². The van der Waals surface area contributed by atoms with Crippen LogP contribution in [0, 0.1) is 11.3 Å². The molecule has 0 bridgehead atoms. The maximum atomic E-state index is 12.2. The third kappa shape index (κ3) is 3.28. The van der Waals surface area contributed by atoms with Crippen LogP contribution in [0.3, 0.4) is 0 Å². The lowest BCUT2D eigenvalue weighted by atomic mass is 9.92. The lowest BCUT2D eigenvalue weighted by Gasteiger charge is -2.23. The standard InChI is InChI=1S/C15H20N2O4.ClH/c1-20-14(19)12-3-2-10(21-12)9-17-13(18)11-8-15(11)4-6-16-7-5-15;/h2-3,11,16H,4-9H2,1H3,(H,17,18);1H. The number of methoxy groups -OCH3 is 1. The largest absolute Gasteiger partial charge is 0.463 e.